The number of nitrogens with zero attached hydrogens (tertiary/aromatic N) is 8. The van der Waals surface area contributed by atoms with Crippen molar-refractivity contribution in [1.29, 1.82) is 0 Å². The van der Waals surface area contributed by atoms with E-state index in [1.165, 1.54) is 12.8 Å². The third-order valence-corrected chi connectivity index (χ3v) is 4.94. The van der Waals surface area contributed by atoms with Crippen molar-refractivity contribution in [1.82, 2.24) is 34.3 Å². The van der Waals surface area contributed by atoms with Crippen LogP contribution in [0.15, 0.2) is 0 Å². The van der Waals surface area contributed by atoms with Gasteiger partial charge in [0.25, 0.3) is 0 Å². The highest BCUT2D eigenvalue weighted by atomic mass is 35.5. The van der Waals surface area contributed by atoms with E-state index in [0.717, 1.165) is 36.3 Å². The molecule has 1 aliphatic rings. The molecular weight excluding hydrogens is 340 g/mol. The van der Waals surface area contributed by atoms with Crippen LogP contribution in [0.4, 0.5) is 5.95 Å². The summed E-state index contributed by atoms with van der Waals surface area (Å²) in [6.07, 6.45) is 3.75. The summed E-state index contributed by atoms with van der Waals surface area (Å²) in [6, 6.07) is 0. The first kappa shape index (κ1) is 16.3. The Bertz CT molecular complexity index is 922. The van der Waals surface area contributed by atoms with Gasteiger partial charge in [0.2, 0.25) is 5.95 Å². The van der Waals surface area contributed by atoms with E-state index in [-0.39, 0.29) is 0 Å². The molecular formula is C16H21ClN8. The zero-order valence-electron chi connectivity index (χ0n) is 14.7. The van der Waals surface area contributed by atoms with Crippen LogP contribution in [0.3, 0.4) is 0 Å². The van der Waals surface area contributed by atoms with Crippen molar-refractivity contribution >= 4 is 23.2 Å². The molecule has 0 aliphatic carbocycles. The van der Waals surface area contributed by atoms with Crippen molar-refractivity contribution in [3.63, 3.8) is 0 Å². The van der Waals surface area contributed by atoms with Gasteiger partial charge in [-0.15, -0.1) is 0 Å². The lowest BCUT2D eigenvalue weighted by molar-refractivity contribution is 0.706. The molecule has 4 rings (SSSR count). The van der Waals surface area contributed by atoms with Gasteiger partial charge >= 0.3 is 0 Å². The van der Waals surface area contributed by atoms with Gasteiger partial charge in [-0.2, -0.15) is 15.2 Å². The fraction of sp³-hybridized carbons (Fsp3) is 0.562. The minimum Gasteiger partial charge on any atom is -0.341 e. The van der Waals surface area contributed by atoms with Crippen LogP contribution in [0, 0.1) is 13.8 Å². The van der Waals surface area contributed by atoms with Crippen LogP contribution in [0.5, 0.6) is 0 Å². The molecule has 0 unspecified atom stereocenters. The van der Waals surface area contributed by atoms with Crippen LogP contribution in [0.1, 0.15) is 35.9 Å². The molecule has 9 heteroatoms. The molecule has 0 spiro atoms. The monoisotopic (exact) mass is 360 g/mol. The van der Waals surface area contributed by atoms with Crippen molar-refractivity contribution in [2.24, 2.45) is 7.05 Å². The molecule has 132 valence electrons. The maximum absolute atomic E-state index is 6.27. The highest BCUT2D eigenvalue weighted by molar-refractivity contribution is 6.32. The Balaban J connectivity index is 1.54. The standard InChI is InChI=1S/C16H21ClN8/c1-10-11(2)25-15(18-10)14(17)19-12(22-25)6-7-13-20-16(23(3)21-13)24-8-4-5-9-24/h4-9H2,1-3H3. The number of halogens is 1. The molecule has 25 heavy (non-hydrogen) atoms. The second kappa shape index (κ2) is 6.25. The zero-order valence-corrected chi connectivity index (χ0v) is 15.5. The Morgan fingerprint density at radius 3 is 2.36 bits per heavy atom. The number of rotatable bonds is 4. The Hall–Kier alpha value is -2.22. The Labute approximate surface area is 150 Å². The van der Waals surface area contributed by atoms with E-state index in [1.54, 1.807) is 4.52 Å². The van der Waals surface area contributed by atoms with E-state index in [4.69, 9.17) is 11.6 Å². The summed E-state index contributed by atoms with van der Waals surface area (Å²) in [5, 5.41) is 9.48. The summed E-state index contributed by atoms with van der Waals surface area (Å²) in [5.74, 6) is 2.43. The van der Waals surface area contributed by atoms with Gasteiger partial charge in [0.1, 0.15) is 0 Å². The number of anilines is 1. The van der Waals surface area contributed by atoms with Gasteiger partial charge in [0.15, 0.2) is 22.4 Å². The predicted octanol–water partition coefficient (Wildman–Crippen LogP) is 1.91. The molecule has 0 aromatic carbocycles. The Morgan fingerprint density at radius 2 is 1.64 bits per heavy atom. The lowest BCUT2D eigenvalue weighted by atomic mass is 10.3. The SMILES string of the molecule is Cc1nc2c(Cl)nc(CCc3nc(N4CCCC4)n(C)n3)nn2c1C. The van der Waals surface area contributed by atoms with Crippen molar-refractivity contribution in [2.75, 3.05) is 18.0 Å². The fourth-order valence-corrected chi connectivity index (χ4v) is 3.43. The average Bonchev–Trinajstić information content (AvgIpc) is 3.28. The minimum atomic E-state index is 0.382. The zero-order chi connectivity index (χ0) is 17.6. The lowest BCUT2D eigenvalue weighted by Crippen LogP contribution is -2.21. The molecule has 4 heterocycles. The third kappa shape index (κ3) is 2.95. The molecule has 0 radical (unpaired) electrons. The third-order valence-electron chi connectivity index (χ3n) is 4.69. The summed E-state index contributed by atoms with van der Waals surface area (Å²) in [5.41, 5.74) is 2.50. The highest BCUT2D eigenvalue weighted by Gasteiger charge is 2.19. The molecule has 1 aliphatic heterocycles. The van der Waals surface area contributed by atoms with Crippen molar-refractivity contribution in [2.45, 2.75) is 39.5 Å². The molecule has 1 fully saturated rings. The van der Waals surface area contributed by atoms with E-state index in [1.807, 2.05) is 25.6 Å². The second-order valence-corrected chi connectivity index (χ2v) is 6.84. The number of hydrogen-bond acceptors (Lipinski definition) is 6. The summed E-state index contributed by atoms with van der Waals surface area (Å²) in [7, 11) is 1.95. The van der Waals surface area contributed by atoms with Gasteiger partial charge in [-0.05, 0) is 26.7 Å². The normalized spacial score (nSPS) is 14.8. The molecule has 0 atom stereocenters. The predicted molar refractivity (Wildman–Crippen MR) is 95.1 cm³/mol. The highest BCUT2D eigenvalue weighted by Crippen LogP contribution is 2.19. The van der Waals surface area contributed by atoms with Gasteiger partial charge < -0.3 is 4.90 Å². The van der Waals surface area contributed by atoms with E-state index < -0.39 is 0 Å². The van der Waals surface area contributed by atoms with E-state index >= 15 is 0 Å². The van der Waals surface area contributed by atoms with Crippen molar-refractivity contribution in [3.05, 3.63) is 28.2 Å². The molecule has 0 N–H and O–H groups in total. The second-order valence-electron chi connectivity index (χ2n) is 6.48. The number of fused-ring (bicyclic) bond motifs is 1. The summed E-state index contributed by atoms with van der Waals surface area (Å²) in [6.45, 7) is 6.03. The maximum atomic E-state index is 6.27. The average molecular weight is 361 g/mol. The van der Waals surface area contributed by atoms with Gasteiger partial charge in [-0.25, -0.2) is 19.2 Å². The van der Waals surface area contributed by atoms with Crippen molar-refractivity contribution < 1.29 is 0 Å². The first-order valence-electron chi connectivity index (χ1n) is 8.56. The topological polar surface area (TPSA) is 77.0 Å². The smallest absolute Gasteiger partial charge is 0.223 e. The van der Waals surface area contributed by atoms with E-state index in [0.29, 0.717) is 29.5 Å². The maximum Gasteiger partial charge on any atom is 0.223 e. The Morgan fingerprint density at radius 1 is 0.960 bits per heavy atom. The summed E-state index contributed by atoms with van der Waals surface area (Å²) < 4.78 is 3.63. The van der Waals surface area contributed by atoms with Gasteiger partial charge in [0, 0.05) is 33.0 Å². The van der Waals surface area contributed by atoms with Crippen LogP contribution in [-0.4, -0.2) is 47.4 Å². The molecule has 3 aromatic heterocycles. The van der Waals surface area contributed by atoms with Crippen LogP contribution >= 0.6 is 11.6 Å². The largest absolute Gasteiger partial charge is 0.341 e. The summed E-state index contributed by atoms with van der Waals surface area (Å²) >= 11 is 6.27. The van der Waals surface area contributed by atoms with Gasteiger partial charge in [-0.1, -0.05) is 11.6 Å². The quantitative estimate of drug-likeness (QED) is 0.707. The number of aromatic nitrogens is 7. The summed E-state index contributed by atoms with van der Waals surface area (Å²) in [4.78, 5) is 15.7. The van der Waals surface area contributed by atoms with E-state index in [9.17, 15) is 0 Å². The molecule has 0 saturated carbocycles. The first-order valence-corrected chi connectivity index (χ1v) is 8.94. The van der Waals surface area contributed by atoms with Crippen LogP contribution in [0.25, 0.3) is 5.65 Å². The van der Waals surface area contributed by atoms with Gasteiger partial charge in [0.05, 0.1) is 11.4 Å². The molecule has 1 saturated heterocycles. The van der Waals surface area contributed by atoms with E-state index in [2.05, 4.69) is 30.0 Å². The fourth-order valence-electron chi connectivity index (χ4n) is 3.21. The number of aryl methyl sites for hydroxylation is 5. The Kier molecular flexibility index (Phi) is 4.07. The van der Waals surface area contributed by atoms with Crippen LogP contribution in [-0.2, 0) is 19.9 Å². The van der Waals surface area contributed by atoms with Crippen LogP contribution < -0.4 is 4.90 Å². The molecule has 0 amide bonds. The van der Waals surface area contributed by atoms with Crippen LogP contribution in [0.2, 0.25) is 5.15 Å². The number of imidazole rings is 1. The van der Waals surface area contributed by atoms with Crippen molar-refractivity contribution in [3.8, 4) is 0 Å². The molecule has 0 bridgehead atoms. The molecule has 3 aromatic rings. The molecule has 8 nitrogen and oxygen atoms in total. The number of hydrogen-bond donors (Lipinski definition) is 0. The minimum absolute atomic E-state index is 0.382. The first-order chi connectivity index (χ1) is 12.0. The lowest BCUT2D eigenvalue weighted by Gasteiger charge is -2.14. The van der Waals surface area contributed by atoms with Gasteiger partial charge in [-0.3, -0.25) is 0 Å².